The molecule has 0 bridgehead atoms. The minimum absolute atomic E-state index is 0.0298. The Morgan fingerprint density at radius 2 is 1.67 bits per heavy atom. The molecule has 3 rings (SSSR count). The Kier molecular flexibility index (Phi) is 6.90. The number of rotatable bonds is 5. The molecule has 1 aliphatic heterocycles. The monoisotopic (exact) mass is 448 g/mol. The molecule has 162 valence electrons. The maximum Gasteiger partial charge on any atom is 0.243 e. The number of carbonyl (C=O) groups excluding carboxylic acids is 1. The largest absolute Gasteiger partial charge is 0.352 e. The van der Waals surface area contributed by atoms with Crippen molar-refractivity contribution in [3.63, 3.8) is 0 Å². The molecular formula is C23H29ClN2O3S. The van der Waals surface area contributed by atoms with Crippen LogP contribution in [0.4, 0.5) is 0 Å². The first-order chi connectivity index (χ1) is 14.1. The summed E-state index contributed by atoms with van der Waals surface area (Å²) in [6.07, 6.45) is 1.02. The van der Waals surface area contributed by atoms with Gasteiger partial charge in [0, 0.05) is 30.6 Å². The van der Waals surface area contributed by atoms with Gasteiger partial charge in [-0.2, -0.15) is 4.31 Å². The van der Waals surface area contributed by atoms with Crippen molar-refractivity contribution in [2.24, 2.45) is 5.92 Å². The second-order valence-electron chi connectivity index (χ2n) is 8.76. The maximum absolute atomic E-state index is 13.0. The number of piperidine rings is 1. The van der Waals surface area contributed by atoms with Gasteiger partial charge in [-0.05, 0) is 47.6 Å². The zero-order valence-electron chi connectivity index (χ0n) is 17.7. The molecule has 2 aromatic rings. The number of nitrogens with zero attached hydrogens (tertiary/aromatic N) is 1. The van der Waals surface area contributed by atoms with E-state index in [1.807, 2.05) is 30.3 Å². The third-order valence-corrected chi connectivity index (χ3v) is 7.88. The Hall–Kier alpha value is -1.89. The average molecular weight is 449 g/mol. The predicted molar refractivity (Wildman–Crippen MR) is 120 cm³/mol. The van der Waals surface area contributed by atoms with E-state index in [2.05, 4.69) is 26.1 Å². The first-order valence-electron chi connectivity index (χ1n) is 10.2. The molecule has 0 unspecified atom stereocenters. The smallest absolute Gasteiger partial charge is 0.243 e. The second kappa shape index (κ2) is 9.08. The van der Waals surface area contributed by atoms with E-state index in [0.29, 0.717) is 42.4 Å². The number of carbonyl (C=O) groups is 1. The molecule has 1 N–H and O–H groups in total. The molecule has 0 radical (unpaired) electrons. The summed E-state index contributed by atoms with van der Waals surface area (Å²) in [6.45, 7) is 7.34. The summed E-state index contributed by atoms with van der Waals surface area (Å²) in [4.78, 5) is 12.8. The van der Waals surface area contributed by atoms with Crippen LogP contribution in [0.2, 0.25) is 5.02 Å². The number of sulfonamides is 1. The highest BCUT2D eigenvalue weighted by Crippen LogP contribution is 2.27. The summed E-state index contributed by atoms with van der Waals surface area (Å²) in [5.41, 5.74) is 1.93. The number of hydrogen-bond donors (Lipinski definition) is 1. The molecule has 0 spiro atoms. The highest BCUT2D eigenvalue weighted by atomic mass is 35.5. The topological polar surface area (TPSA) is 66.5 Å². The Labute approximate surface area is 184 Å². The van der Waals surface area contributed by atoms with Crippen molar-refractivity contribution >= 4 is 27.5 Å². The average Bonchev–Trinajstić information content (AvgIpc) is 2.72. The molecular weight excluding hydrogens is 420 g/mol. The molecule has 2 aromatic carbocycles. The van der Waals surface area contributed by atoms with E-state index in [9.17, 15) is 13.2 Å². The van der Waals surface area contributed by atoms with Crippen LogP contribution in [0.25, 0.3) is 0 Å². The summed E-state index contributed by atoms with van der Waals surface area (Å²) in [5, 5.41) is 3.55. The van der Waals surface area contributed by atoms with Crippen LogP contribution in [0.15, 0.2) is 53.4 Å². The van der Waals surface area contributed by atoms with E-state index in [1.54, 1.807) is 18.2 Å². The number of hydrogen-bond acceptors (Lipinski definition) is 3. The lowest BCUT2D eigenvalue weighted by molar-refractivity contribution is -0.126. The minimum Gasteiger partial charge on any atom is -0.352 e. The van der Waals surface area contributed by atoms with Gasteiger partial charge in [0.25, 0.3) is 0 Å². The van der Waals surface area contributed by atoms with E-state index in [1.165, 1.54) is 4.31 Å². The summed E-state index contributed by atoms with van der Waals surface area (Å²) in [6, 6.07) is 14.5. The number of benzene rings is 2. The van der Waals surface area contributed by atoms with Crippen molar-refractivity contribution < 1.29 is 13.2 Å². The molecule has 1 heterocycles. The number of halogens is 1. The van der Waals surface area contributed by atoms with E-state index in [0.717, 1.165) is 11.1 Å². The van der Waals surface area contributed by atoms with Crippen molar-refractivity contribution in [2.45, 2.75) is 50.5 Å². The van der Waals surface area contributed by atoms with Gasteiger partial charge in [0.15, 0.2) is 0 Å². The number of amides is 1. The van der Waals surface area contributed by atoms with Crippen LogP contribution >= 0.6 is 11.6 Å². The van der Waals surface area contributed by atoms with Crippen molar-refractivity contribution in [1.29, 1.82) is 0 Å². The van der Waals surface area contributed by atoms with Crippen molar-refractivity contribution in [3.8, 4) is 0 Å². The quantitative estimate of drug-likeness (QED) is 0.739. The van der Waals surface area contributed by atoms with Crippen LogP contribution < -0.4 is 5.32 Å². The third-order valence-electron chi connectivity index (χ3n) is 5.59. The van der Waals surface area contributed by atoms with Crippen molar-refractivity contribution in [1.82, 2.24) is 9.62 Å². The molecule has 1 aliphatic rings. The fourth-order valence-corrected chi connectivity index (χ4v) is 5.28. The zero-order chi connectivity index (χ0) is 21.9. The van der Waals surface area contributed by atoms with Gasteiger partial charge in [-0.3, -0.25) is 4.79 Å². The van der Waals surface area contributed by atoms with Gasteiger partial charge in [-0.15, -0.1) is 0 Å². The van der Waals surface area contributed by atoms with Gasteiger partial charge in [0.2, 0.25) is 15.9 Å². The summed E-state index contributed by atoms with van der Waals surface area (Å²) < 4.78 is 27.5. The lowest BCUT2D eigenvalue weighted by atomic mass is 9.87. The third kappa shape index (κ3) is 5.23. The standard InChI is InChI=1S/C23H29ClN2O3S/c1-23(2,3)19-8-10-20(11-9-19)30(28,29)26-14-12-17(13-15-26)22(27)25-16-18-6-4-5-7-21(18)24/h4-11,17H,12-16H2,1-3H3,(H,25,27). The van der Waals surface area contributed by atoms with Gasteiger partial charge < -0.3 is 5.32 Å². The second-order valence-corrected chi connectivity index (χ2v) is 11.1. The van der Waals surface area contributed by atoms with Crippen LogP contribution in [-0.2, 0) is 26.8 Å². The van der Waals surface area contributed by atoms with Crippen LogP contribution in [-0.4, -0.2) is 31.7 Å². The maximum atomic E-state index is 13.0. The minimum atomic E-state index is -3.55. The van der Waals surface area contributed by atoms with Crippen LogP contribution in [0.3, 0.4) is 0 Å². The summed E-state index contributed by atoms with van der Waals surface area (Å²) in [7, 11) is -3.55. The fourth-order valence-electron chi connectivity index (χ4n) is 3.60. The molecule has 0 aromatic heterocycles. The van der Waals surface area contributed by atoms with Gasteiger partial charge in [-0.1, -0.05) is 62.7 Å². The van der Waals surface area contributed by atoms with Gasteiger partial charge in [0.05, 0.1) is 4.90 Å². The normalized spacial score (nSPS) is 16.4. The Balaban J connectivity index is 1.57. The number of nitrogens with one attached hydrogen (secondary N) is 1. The Morgan fingerprint density at radius 3 is 2.23 bits per heavy atom. The lowest BCUT2D eigenvalue weighted by Crippen LogP contribution is -2.42. The molecule has 1 saturated heterocycles. The molecule has 1 amide bonds. The van der Waals surface area contributed by atoms with E-state index >= 15 is 0 Å². The Morgan fingerprint density at radius 1 is 1.07 bits per heavy atom. The first-order valence-corrected chi connectivity index (χ1v) is 12.0. The van der Waals surface area contributed by atoms with Crippen LogP contribution in [0.5, 0.6) is 0 Å². The highest BCUT2D eigenvalue weighted by Gasteiger charge is 2.32. The molecule has 7 heteroatoms. The summed E-state index contributed by atoms with van der Waals surface area (Å²) >= 11 is 6.13. The van der Waals surface area contributed by atoms with Crippen LogP contribution in [0.1, 0.15) is 44.7 Å². The molecule has 5 nitrogen and oxygen atoms in total. The molecule has 0 atom stereocenters. The van der Waals surface area contributed by atoms with Gasteiger partial charge in [0.1, 0.15) is 0 Å². The SMILES string of the molecule is CC(C)(C)c1ccc(S(=O)(=O)N2CCC(C(=O)NCc3ccccc3Cl)CC2)cc1. The van der Waals surface area contributed by atoms with Crippen molar-refractivity contribution in [2.75, 3.05) is 13.1 Å². The first kappa shape index (κ1) is 22.8. The van der Waals surface area contributed by atoms with Gasteiger partial charge in [-0.25, -0.2) is 8.42 Å². The van der Waals surface area contributed by atoms with E-state index < -0.39 is 10.0 Å². The molecule has 0 saturated carbocycles. The van der Waals surface area contributed by atoms with E-state index in [-0.39, 0.29) is 17.2 Å². The Bertz CT molecular complexity index is 990. The van der Waals surface area contributed by atoms with E-state index in [4.69, 9.17) is 11.6 Å². The highest BCUT2D eigenvalue weighted by molar-refractivity contribution is 7.89. The zero-order valence-corrected chi connectivity index (χ0v) is 19.3. The van der Waals surface area contributed by atoms with Crippen LogP contribution in [0, 0.1) is 5.92 Å². The summed E-state index contributed by atoms with van der Waals surface area (Å²) in [5.74, 6) is -0.247. The molecule has 30 heavy (non-hydrogen) atoms. The lowest BCUT2D eigenvalue weighted by Gasteiger charge is -2.30. The molecule has 0 aliphatic carbocycles. The van der Waals surface area contributed by atoms with Crippen molar-refractivity contribution in [3.05, 3.63) is 64.7 Å². The fraction of sp³-hybridized carbons (Fsp3) is 0.435. The molecule has 1 fully saturated rings. The predicted octanol–water partition coefficient (Wildman–Crippen LogP) is 4.35. The van der Waals surface area contributed by atoms with Gasteiger partial charge >= 0.3 is 0 Å².